The summed E-state index contributed by atoms with van der Waals surface area (Å²) in [7, 11) is 0. The van der Waals surface area contributed by atoms with Crippen molar-refractivity contribution in [2.24, 2.45) is 5.92 Å². The number of rotatable bonds is 5. The molecule has 1 saturated heterocycles. The van der Waals surface area contributed by atoms with Crippen molar-refractivity contribution in [1.29, 1.82) is 0 Å². The van der Waals surface area contributed by atoms with E-state index >= 15 is 0 Å². The van der Waals surface area contributed by atoms with Crippen LogP contribution in [-0.4, -0.2) is 60.0 Å². The minimum atomic E-state index is -5.29. The van der Waals surface area contributed by atoms with E-state index in [9.17, 15) is 27.9 Å². The predicted molar refractivity (Wildman–Crippen MR) is 84.7 cm³/mol. The molecule has 0 radical (unpaired) electrons. The highest BCUT2D eigenvalue weighted by Gasteiger charge is 2.67. The van der Waals surface area contributed by atoms with Crippen LogP contribution in [0.1, 0.15) is 26.7 Å². The molecule has 0 spiro atoms. The second kappa shape index (κ2) is 7.69. The largest absolute Gasteiger partial charge is 0.465 e. The molecule has 9 heteroatoms. The highest BCUT2D eigenvalue weighted by Crippen LogP contribution is 2.48. The molecule has 1 N–H and O–H groups in total. The maximum absolute atomic E-state index is 13.9. The van der Waals surface area contributed by atoms with Crippen molar-refractivity contribution >= 4 is 11.9 Å². The molecule has 6 nitrogen and oxygen atoms in total. The fourth-order valence-corrected chi connectivity index (χ4v) is 3.29. The third-order valence-electron chi connectivity index (χ3n) is 4.47. The van der Waals surface area contributed by atoms with Gasteiger partial charge in [0, 0.05) is 18.8 Å². The average Bonchev–Trinajstić information content (AvgIpc) is 3.07. The predicted octanol–water partition coefficient (Wildman–Crippen LogP) is 1.94. The van der Waals surface area contributed by atoms with Gasteiger partial charge < -0.3 is 19.5 Å². The molecule has 2 unspecified atom stereocenters. The zero-order valence-electron chi connectivity index (χ0n) is 14.6. The lowest BCUT2D eigenvalue weighted by Crippen LogP contribution is -2.60. The minimum absolute atomic E-state index is 0.00572. The Hall–Kier alpha value is -2.03. The molecule has 0 saturated carbocycles. The number of nitrogens with zero attached hydrogens (tertiary/aromatic N) is 1. The zero-order valence-corrected chi connectivity index (χ0v) is 14.6. The van der Waals surface area contributed by atoms with Gasteiger partial charge in [-0.1, -0.05) is 0 Å². The van der Waals surface area contributed by atoms with Crippen molar-refractivity contribution in [3.63, 3.8) is 0 Å². The molecule has 0 aromatic rings. The van der Waals surface area contributed by atoms with Gasteiger partial charge >= 0.3 is 18.1 Å². The van der Waals surface area contributed by atoms with E-state index in [0.717, 1.165) is 18.9 Å². The first-order valence-corrected chi connectivity index (χ1v) is 8.48. The van der Waals surface area contributed by atoms with Crippen molar-refractivity contribution in [3.05, 3.63) is 23.4 Å². The van der Waals surface area contributed by atoms with Crippen molar-refractivity contribution < 1.29 is 37.3 Å². The molecule has 1 fully saturated rings. The van der Waals surface area contributed by atoms with E-state index in [4.69, 9.17) is 4.74 Å². The number of allylic oxidation sites excluding steroid dienone is 2. The van der Waals surface area contributed by atoms with Crippen molar-refractivity contribution in [3.8, 4) is 0 Å². The van der Waals surface area contributed by atoms with Crippen LogP contribution in [0.5, 0.6) is 0 Å². The second-order valence-corrected chi connectivity index (χ2v) is 6.04. The summed E-state index contributed by atoms with van der Waals surface area (Å²) < 4.78 is 51.3. The lowest BCUT2D eigenvalue weighted by Gasteiger charge is -2.42. The topological polar surface area (TPSA) is 76.1 Å². The van der Waals surface area contributed by atoms with Gasteiger partial charge in [-0.25, -0.2) is 4.79 Å². The van der Waals surface area contributed by atoms with Gasteiger partial charge in [-0.15, -0.1) is 0 Å². The lowest BCUT2D eigenvalue weighted by atomic mass is 9.74. The van der Waals surface area contributed by atoms with Crippen molar-refractivity contribution in [2.75, 3.05) is 26.3 Å². The highest BCUT2D eigenvalue weighted by molar-refractivity contribution is 5.94. The molecule has 2 aliphatic rings. The second-order valence-electron chi connectivity index (χ2n) is 6.04. The van der Waals surface area contributed by atoms with Crippen LogP contribution >= 0.6 is 0 Å². The van der Waals surface area contributed by atoms with Gasteiger partial charge in [-0.3, -0.25) is 4.79 Å². The van der Waals surface area contributed by atoms with Crippen LogP contribution in [0, 0.1) is 5.92 Å². The molecule has 146 valence electrons. The molecule has 1 heterocycles. The summed E-state index contributed by atoms with van der Waals surface area (Å²) in [5.74, 6) is -4.65. The first-order chi connectivity index (χ1) is 12.2. The number of aliphatic hydroxyl groups is 1. The molecule has 0 bridgehead atoms. The SMILES string of the molecule is CCOC(=O)C1=CC=C(N2CCCC2)C(C(=O)OCC)C1(O)C(F)(F)F. The summed E-state index contributed by atoms with van der Waals surface area (Å²) in [4.78, 5) is 26.1. The van der Waals surface area contributed by atoms with E-state index in [1.807, 2.05) is 0 Å². The van der Waals surface area contributed by atoms with E-state index in [0.29, 0.717) is 13.1 Å². The van der Waals surface area contributed by atoms with Crippen LogP contribution in [-0.2, 0) is 19.1 Å². The Labute approximate surface area is 149 Å². The summed E-state index contributed by atoms with van der Waals surface area (Å²) in [5, 5.41) is 10.7. The zero-order chi connectivity index (χ0) is 19.5. The van der Waals surface area contributed by atoms with Gasteiger partial charge in [0.25, 0.3) is 0 Å². The number of ether oxygens (including phenoxy) is 2. The number of esters is 2. The standard InChI is InChI=1S/C17H22F3NO5/c1-3-25-14(22)11-7-8-12(21-9-5-6-10-21)13(15(23)26-4-2)16(11,24)17(18,19)20/h7-8,13,24H,3-6,9-10H2,1-2H3. The molecule has 0 aromatic heterocycles. The third kappa shape index (κ3) is 3.44. The first-order valence-electron chi connectivity index (χ1n) is 8.48. The van der Waals surface area contributed by atoms with Gasteiger partial charge in [-0.2, -0.15) is 13.2 Å². The molecule has 0 aromatic carbocycles. The minimum Gasteiger partial charge on any atom is -0.465 e. The van der Waals surface area contributed by atoms with E-state index < -0.39 is 35.2 Å². The van der Waals surface area contributed by atoms with E-state index in [2.05, 4.69) is 4.74 Å². The Morgan fingerprint density at radius 1 is 1.19 bits per heavy atom. The van der Waals surface area contributed by atoms with Crippen molar-refractivity contribution in [2.45, 2.75) is 38.5 Å². The molecule has 1 aliphatic heterocycles. The molecular weight excluding hydrogens is 355 g/mol. The molecule has 2 atom stereocenters. The molecule has 2 rings (SSSR count). The van der Waals surface area contributed by atoms with E-state index in [-0.39, 0.29) is 18.9 Å². The number of carbonyl (C=O) groups is 2. The summed E-state index contributed by atoms with van der Waals surface area (Å²) in [6, 6.07) is 0. The van der Waals surface area contributed by atoms with Crippen molar-refractivity contribution in [1.82, 2.24) is 4.90 Å². The number of carbonyl (C=O) groups excluding carboxylic acids is 2. The lowest BCUT2D eigenvalue weighted by molar-refractivity contribution is -0.262. The third-order valence-corrected chi connectivity index (χ3v) is 4.47. The van der Waals surface area contributed by atoms with Gasteiger partial charge in [0.2, 0.25) is 5.60 Å². The number of hydrogen-bond donors (Lipinski definition) is 1. The van der Waals surface area contributed by atoms with Crippen LogP contribution in [0.15, 0.2) is 23.4 Å². The number of hydrogen-bond acceptors (Lipinski definition) is 6. The Morgan fingerprint density at radius 3 is 2.27 bits per heavy atom. The molecule has 0 amide bonds. The van der Waals surface area contributed by atoms with Gasteiger partial charge in [0.1, 0.15) is 5.92 Å². The normalized spacial score (nSPS) is 26.2. The van der Waals surface area contributed by atoms with Crippen LogP contribution in [0.2, 0.25) is 0 Å². The Kier molecular flexibility index (Phi) is 6.00. The van der Waals surface area contributed by atoms with Crippen LogP contribution in [0.4, 0.5) is 13.2 Å². The number of alkyl halides is 3. The van der Waals surface area contributed by atoms with E-state index in [1.165, 1.54) is 19.9 Å². The van der Waals surface area contributed by atoms with Crippen LogP contribution in [0.3, 0.4) is 0 Å². The molecule has 1 aliphatic carbocycles. The monoisotopic (exact) mass is 377 g/mol. The summed E-state index contributed by atoms with van der Waals surface area (Å²) in [5.41, 5.74) is -4.75. The quantitative estimate of drug-likeness (QED) is 0.738. The molecule has 26 heavy (non-hydrogen) atoms. The number of halogens is 3. The molecular formula is C17H22F3NO5. The average molecular weight is 377 g/mol. The summed E-state index contributed by atoms with van der Waals surface area (Å²) in [6.45, 7) is 3.47. The van der Waals surface area contributed by atoms with Gasteiger partial charge in [-0.05, 0) is 38.8 Å². The summed E-state index contributed by atoms with van der Waals surface area (Å²) in [6.07, 6.45) is -1.63. The summed E-state index contributed by atoms with van der Waals surface area (Å²) >= 11 is 0. The van der Waals surface area contributed by atoms with E-state index in [1.54, 1.807) is 4.90 Å². The fourth-order valence-electron chi connectivity index (χ4n) is 3.29. The van der Waals surface area contributed by atoms with Crippen LogP contribution in [0.25, 0.3) is 0 Å². The highest BCUT2D eigenvalue weighted by atomic mass is 19.4. The maximum atomic E-state index is 13.9. The smallest absolute Gasteiger partial charge is 0.423 e. The Balaban J connectivity index is 2.62. The Morgan fingerprint density at radius 2 is 1.77 bits per heavy atom. The number of likely N-dealkylation sites (tertiary alicyclic amines) is 1. The Bertz CT molecular complexity index is 622. The van der Waals surface area contributed by atoms with Crippen LogP contribution < -0.4 is 0 Å². The van der Waals surface area contributed by atoms with Gasteiger partial charge in [0.15, 0.2) is 0 Å². The first kappa shape index (κ1) is 20.3. The fraction of sp³-hybridized carbons (Fsp3) is 0.647. The maximum Gasteiger partial charge on any atom is 0.423 e. The van der Waals surface area contributed by atoms with Gasteiger partial charge in [0.05, 0.1) is 18.8 Å².